The fourth-order valence-electron chi connectivity index (χ4n) is 3.76. The van der Waals surface area contributed by atoms with Crippen LogP contribution in [0.25, 0.3) is 5.57 Å². The summed E-state index contributed by atoms with van der Waals surface area (Å²) in [5.41, 5.74) is -2.46. The van der Waals surface area contributed by atoms with E-state index >= 15 is 0 Å². The van der Waals surface area contributed by atoms with Gasteiger partial charge >= 0.3 is 12.4 Å². The van der Waals surface area contributed by atoms with Gasteiger partial charge in [-0.05, 0) is 40.6 Å². The number of nitrogens with one attached hydrogen (secondary N) is 2. The van der Waals surface area contributed by atoms with Gasteiger partial charge in [-0.2, -0.15) is 46.7 Å². The van der Waals surface area contributed by atoms with Crippen LogP contribution in [0.15, 0.2) is 46.6 Å². The first-order valence-corrected chi connectivity index (χ1v) is 11.5. The molecule has 0 radical (unpaired) electrons. The van der Waals surface area contributed by atoms with Crippen molar-refractivity contribution in [3.8, 4) is 5.88 Å². The molecular formula is C22H14F6N8OS. The highest BCUT2D eigenvalue weighted by atomic mass is 32.1. The highest BCUT2D eigenvalue weighted by Gasteiger charge is 2.38. The van der Waals surface area contributed by atoms with E-state index in [9.17, 15) is 31.4 Å². The number of aromatic hydroxyl groups is 1. The van der Waals surface area contributed by atoms with Gasteiger partial charge in [-0.1, -0.05) is 28.7 Å². The van der Waals surface area contributed by atoms with Gasteiger partial charge < -0.3 is 10.4 Å². The molecule has 3 N–H and O–H groups in total. The van der Waals surface area contributed by atoms with Crippen molar-refractivity contribution in [3.63, 3.8) is 0 Å². The van der Waals surface area contributed by atoms with Crippen LogP contribution in [0.1, 0.15) is 33.0 Å². The van der Waals surface area contributed by atoms with Crippen LogP contribution in [0.2, 0.25) is 0 Å². The lowest BCUT2D eigenvalue weighted by molar-refractivity contribution is -0.143. The van der Waals surface area contributed by atoms with Crippen LogP contribution in [-0.4, -0.2) is 36.9 Å². The van der Waals surface area contributed by atoms with Gasteiger partial charge in [0, 0.05) is 12.0 Å². The fourth-order valence-corrected chi connectivity index (χ4v) is 4.68. The number of tetrazole rings is 1. The van der Waals surface area contributed by atoms with Crippen LogP contribution in [0.4, 0.5) is 31.5 Å². The molecule has 2 aromatic heterocycles. The lowest BCUT2D eigenvalue weighted by Crippen LogP contribution is -2.18. The number of aromatic amines is 1. The maximum absolute atomic E-state index is 13.9. The number of benzene rings is 2. The zero-order valence-electron chi connectivity index (χ0n) is 18.8. The number of aromatic nitrogens is 5. The molecule has 0 bridgehead atoms. The van der Waals surface area contributed by atoms with Crippen LogP contribution < -0.4 is 15.9 Å². The minimum absolute atomic E-state index is 0.0889. The fraction of sp³-hybridized carbons (Fsp3) is 0.182. The number of rotatable bonds is 6. The smallest absolute Gasteiger partial charge is 0.416 e. The van der Waals surface area contributed by atoms with Crippen molar-refractivity contribution in [2.75, 3.05) is 5.32 Å². The van der Waals surface area contributed by atoms with Crippen molar-refractivity contribution in [1.82, 2.24) is 25.6 Å². The average Bonchev–Trinajstić information content (AvgIpc) is 3.61. The first-order chi connectivity index (χ1) is 18.0. The average molecular weight is 552 g/mol. The molecule has 4 aromatic rings. The Morgan fingerprint density at radius 3 is 2.55 bits per heavy atom. The van der Waals surface area contributed by atoms with Crippen LogP contribution in [-0.2, 0) is 25.3 Å². The third kappa shape index (κ3) is 5.20. The molecule has 2 aromatic carbocycles. The molecule has 1 aliphatic rings. The summed E-state index contributed by atoms with van der Waals surface area (Å²) >= 11 is 0.944. The lowest BCUT2D eigenvalue weighted by Gasteiger charge is -2.17. The Hall–Kier alpha value is -4.34. The zero-order chi connectivity index (χ0) is 27.1. The summed E-state index contributed by atoms with van der Waals surface area (Å²) in [6.07, 6.45) is -9.01. The van der Waals surface area contributed by atoms with Crippen LogP contribution in [0.3, 0.4) is 0 Å². The van der Waals surface area contributed by atoms with E-state index < -0.39 is 41.3 Å². The Labute approximate surface area is 212 Å². The molecule has 16 heteroatoms. The van der Waals surface area contributed by atoms with Gasteiger partial charge in [0.2, 0.25) is 5.88 Å². The molecule has 0 amide bonds. The number of thiazole rings is 1. The van der Waals surface area contributed by atoms with Gasteiger partial charge in [0.25, 0.3) is 0 Å². The summed E-state index contributed by atoms with van der Waals surface area (Å²) < 4.78 is 81.2. The zero-order valence-corrected chi connectivity index (χ0v) is 19.6. The Morgan fingerprint density at radius 1 is 1.03 bits per heavy atom. The first-order valence-electron chi connectivity index (χ1n) is 10.7. The Morgan fingerprint density at radius 2 is 1.84 bits per heavy atom. The quantitative estimate of drug-likeness (QED) is 0.315. The minimum Gasteiger partial charge on any atom is -0.492 e. The maximum Gasteiger partial charge on any atom is 0.416 e. The summed E-state index contributed by atoms with van der Waals surface area (Å²) in [6.45, 7) is 0.0895. The van der Waals surface area contributed by atoms with E-state index in [1.54, 1.807) is 18.2 Å². The summed E-state index contributed by atoms with van der Waals surface area (Å²) in [5.74, 6) is -0.174. The SMILES string of the molecule is Oc1nc(NCc2nn[nH]n2)sc1C(Cc1ccc(C(F)(F)F)cc1C(F)(F)F)=c1ccc2c(c1)C=NN=2. The molecule has 0 atom stereocenters. The van der Waals surface area contributed by atoms with Crippen LogP contribution in [0, 0.1) is 0 Å². The molecule has 9 nitrogen and oxygen atoms in total. The van der Waals surface area contributed by atoms with E-state index in [0.717, 1.165) is 17.4 Å². The second-order valence-corrected chi connectivity index (χ2v) is 8.99. The highest BCUT2D eigenvalue weighted by molar-refractivity contribution is 7.16. The molecule has 0 fully saturated rings. The number of nitrogens with zero attached hydrogens (tertiary/aromatic N) is 6. The molecule has 0 aliphatic carbocycles. The first kappa shape index (κ1) is 25.3. The summed E-state index contributed by atoms with van der Waals surface area (Å²) in [4.78, 5) is 4.15. The second kappa shape index (κ2) is 9.51. The molecule has 3 heterocycles. The van der Waals surface area contributed by atoms with E-state index in [0.29, 0.717) is 28.0 Å². The van der Waals surface area contributed by atoms with E-state index in [4.69, 9.17) is 0 Å². The van der Waals surface area contributed by atoms with E-state index in [2.05, 4.69) is 41.1 Å². The largest absolute Gasteiger partial charge is 0.492 e. The van der Waals surface area contributed by atoms with Crippen molar-refractivity contribution in [2.45, 2.75) is 25.3 Å². The summed E-state index contributed by atoms with van der Waals surface area (Å²) in [5, 5.41) is 35.7. The third-order valence-corrected chi connectivity index (χ3v) is 6.58. The van der Waals surface area contributed by atoms with Gasteiger partial charge in [0.1, 0.15) is 0 Å². The van der Waals surface area contributed by atoms with Crippen LogP contribution in [0.5, 0.6) is 5.88 Å². The molecular weight excluding hydrogens is 538 g/mol. The molecule has 38 heavy (non-hydrogen) atoms. The number of halogens is 6. The highest BCUT2D eigenvalue weighted by Crippen LogP contribution is 2.40. The molecule has 0 spiro atoms. The number of fused-ring (bicyclic) bond motifs is 1. The number of hydrogen-bond acceptors (Lipinski definition) is 9. The summed E-state index contributed by atoms with van der Waals surface area (Å²) in [6, 6.07) is 6.28. The summed E-state index contributed by atoms with van der Waals surface area (Å²) in [7, 11) is 0. The topological polar surface area (TPSA) is 124 Å². The normalized spacial score (nSPS) is 13.8. The van der Waals surface area contributed by atoms with Crippen molar-refractivity contribution < 1.29 is 31.4 Å². The number of alkyl halides is 6. The van der Waals surface area contributed by atoms with Gasteiger partial charge in [0.05, 0.1) is 34.1 Å². The number of H-pyrrole nitrogens is 1. The van der Waals surface area contributed by atoms with Crippen molar-refractivity contribution in [2.24, 2.45) is 10.2 Å². The van der Waals surface area contributed by atoms with Gasteiger partial charge in [-0.3, -0.25) is 0 Å². The second-order valence-electron chi connectivity index (χ2n) is 7.99. The Balaban J connectivity index is 1.62. The predicted octanol–water partition coefficient (Wildman–Crippen LogP) is 3.42. The third-order valence-electron chi connectivity index (χ3n) is 5.52. The molecule has 1 aliphatic heterocycles. The molecule has 0 unspecified atom stereocenters. The standard InChI is InChI=1S/C22H14F6N8OS/c23-21(24,25)13-3-1-11(15(7-13)22(26,27)28)6-14(10-2-4-16-12(5-10)8-30-32-16)18-19(37)31-20(38-18)29-9-17-33-35-36-34-17/h1-5,7-8,37H,6,9H2,(H,29,31)(H,33,34,35,36). The van der Waals surface area contributed by atoms with Crippen molar-refractivity contribution in [1.29, 1.82) is 0 Å². The lowest BCUT2D eigenvalue weighted by atomic mass is 9.94. The van der Waals surface area contributed by atoms with E-state index in [1.165, 1.54) is 6.21 Å². The van der Waals surface area contributed by atoms with Crippen molar-refractivity contribution >= 4 is 28.3 Å². The number of anilines is 1. The Bertz CT molecular complexity index is 1640. The molecule has 0 saturated heterocycles. The van der Waals surface area contributed by atoms with Crippen LogP contribution >= 0.6 is 11.3 Å². The van der Waals surface area contributed by atoms with Gasteiger partial charge in [-0.25, -0.2) is 0 Å². The molecule has 0 saturated carbocycles. The Kier molecular flexibility index (Phi) is 6.34. The number of hydrogen-bond donors (Lipinski definition) is 3. The van der Waals surface area contributed by atoms with Gasteiger partial charge in [0.15, 0.2) is 11.0 Å². The minimum atomic E-state index is -5.06. The maximum atomic E-state index is 13.9. The molecule has 196 valence electrons. The van der Waals surface area contributed by atoms with E-state index in [1.807, 2.05) is 0 Å². The van der Waals surface area contributed by atoms with E-state index in [-0.39, 0.29) is 28.2 Å². The van der Waals surface area contributed by atoms with Gasteiger partial charge in [-0.15, -0.1) is 10.2 Å². The molecule has 5 rings (SSSR count). The van der Waals surface area contributed by atoms with Crippen molar-refractivity contribution in [3.05, 3.63) is 79.9 Å². The monoisotopic (exact) mass is 552 g/mol. The predicted molar refractivity (Wildman–Crippen MR) is 123 cm³/mol.